The predicted octanol–water partition coefficient (Wildman–Crippen LogP) is 9.44. The first kappa shape index (κ1) is 29.7. The van der Waals surface area contributed by atoms with Gasteiger partial charge in [-0.25, -0.2) is 4.98 Å². The van der Waals surface area contributed by atoms with E-state index in [0.717, 1.165) is 50.2 Å². The van der Waals surface area contributed by atoms with Gasteiger partial charge in [-0.2, -0.15) is 0 Å². The van der Waals surface area contributed by atoms with Crippen LogP contribution in [0.5, 0.6) is 0 Å². The number of benzene rings is 3. The number of hydrogen-bond acceptors (Lipinski definition) is 4. The van der Waals surface area contributed by atoms with E-state index in [0.29, 0.717) is 11.6 Å². The summed E-state index contributed by atoms with van der Waals surface area (Å²) in [5, 5.41) is 2.07. The van der Waals surface area contributed by atoms with Crippen molar-refractivity contribution in [2.45, 2.75) is 40.2 Å². The quantitative estimate of drug-likeness (QED) is 0.169. The summed E-state index contributed by atoms with van der Waals surface area (Å²) in [4.78, 5) is 13.8. The number of pyridine rings is 2. The van der Waals surface area contributed by atoms with Crippen molar-refractivity contribution in [3.05, 3.63) is 121 Å². The molecule has 0 N–H and O–H groups in total. The largest absolute Gasteiger partial charge is 0.486 e. The predicted molar refractivity (Wildman–Crippen MR) is 174 cm³/mol. The Kier molecular flexibility index (Phi) is 7.83. The summed E-state index contributed by atoms with van der Waals surface area (Å²) in [6, 6.07) is 34.8. The standard InChI is InChI=1S/C21H21N2.C17H11N2O.Ir/c1-14(2)17-13-21(3,4)23-19-16(17)11-8-12-18(19)22-20(23)15-9-6-5-7-10-15;1-11-8-9-13-12-5-4-6-14(15-7-2-3-10-18-15)16(12)20-17(13)19-11;/h5-9,11-14H,1-4H3;2-5,7-10H,1H3;/q2*-1;. The Morgan fingerprint density at radius 2 is 1.68 bits per heavy atom. The number of rotatable bonds is 3. The molecule has 4 aromatic heterocycles. The second kappa shape index (κ2) is 11.6. The molecule has 5 heterocycles. The Morgan fingerprint density at radius 1 is 0.841 bits per heavy atom. The van der Waals surface area contributed by atoms with Gasteiger partial charge in [-0.3, -0.25) is 4.98 Å². The third-order valence-corrected chi connectivity index (χ3v) is 8.00. The van der Waals surface area contributed by atoms with Gasteiger partial charge in [0.1, 0.15) is 0 Å². The fourth-order valence-corrected chi connectivity index (χ4v) is 6.05. The number of fused-ring (bicyclic) bond motifs is 3. The topological polar surface area (TPSA) is 56.7 Å². The van der Waals surface area contributed by atoms with E-state index in [9.17, 15) is 0 Å². The average Bonchev–Trinajstić information content (AvgIpc) is 3.60. The molecule has 6 heteroatoms. The van der Waals surface area contributed by atoms with E-state index in [4.69, 9.17) is 9.40 Å². The van der Waals surface area contributed by atoms with Crippen molar-refractivity contribution < 1.29 is 24.5 Å². The monoisotopic (exact) mass is 753 g/mol. The van der Waals surface area contributed by atoms with Gasteiger partial charge in [0.15, 0.2) is 0 Å². The van der Waals surface area contributed by atoms with Crippen LogP contribution in [0.3, 0.4) is 0 Å². The molecule has 5 nitrogen and oxygen atoms in total. The van der Waals surface area contributed by atoms with Crippen molar-refractivity contribution in [2.24, 2.45) is 5.92 Å². The van der Waals surface area contributed by atoms with Crippen molar-refractivity contribution in [1.82, 2.24) is 19.5 Å². The van der Waals surface area contributed by atoms with Gasteiger partial charge in [0, 0.05) is 42.9 Å². The number of hydrogen-bond donors (Lipinski definition) is 0. The second-order valence-corrected chi connectivity index (χ2v) is 11.8. The molecule has 0 aliphatic carbocycles. The molecular weight excluding hydrogens is 721 g/mol. The molecule has 1 radical (unpaired) electrons. The zero-order valence-electron chi connectivity index (χ0n) is 25.3. The zero-order chi connectivity index (χ0) is 29.7. The number of imidazole rings is 1. The van der Waals surface area contributed by atoms with Crippen LogP contribution in [0.1, 0.15) is 39.0 Å². The molecule has 0 atom stereocenters. The van der Waals surface area contributed by atoms with E-state index in [2.05, 4.69) is 84.7 Å². The van der Waals surface area contributed by atoms with Crippen LogP contribution in [0.25, 0.3) is 61.3 Å². The molecule has 44 heavy (non-hydrogen) atoms. The minimum Gasteiger partial charge on any atom is -0.486 e. The van der Waals surface area contributed by atoms with E-state index in [1.165, 1.54) is 16.7 Å². The molecule has 0 saturated heterocycles. The summed E-state index contributed by atoms with van der Waals surface area (Å²) in [5.74, 6) is 1.49. The molecule has 7 aromatic rings. The minimum atomic E-state index is -0.109. The van der Waals surface area contributed by atoms with E-state index in [1.54, 1.807) is 6.20 Å². The Bertz CT molecular complexity index is 2140. The zero-order valence-corrected chi connectivity index (χ0v) is 27.7. The maximum Gasteiger partial charge on any atom is 0.216 e. The first-order chi connectivity index (χ1) is 20.8. The molecule has 0 amide bonds. The average molecular weight is 753 g/mol. The second-order valence-electron chi connectivity index (χ2n) is 11.8. The van der Waals surface area contributed by atoms with Gasteiger partial charge in [0.05, 0.1) is 28.0 Å². The van der Waals surface area contributed by atoms with Crippen molar-refractivity contribution >= 4 is 38.7 Å². The number of para-hydroxylation sites is 1. The third kappa shape index (κ3) is 5.08. The fraction of sp³-hybridized carbons (Fsp3) is 0.184. The summed E-state index contributed by atoms with van der Waals surface area (Å²) < 4.78 is 8.31. The minimum absolute atomic E-state index is 0. The molecule has 8 rings (SSSR count). The van der Waals surface area contributed by atoms with Gasteiger partial charge in [0.25, 0.3) is 0 Å². The molecule has 1 aliphatic heterocycles. The molecular formula is C38H32IrN4O-2. The van der Waals surface area contributed by atoms with Gasteiger partial charge in [-0.05, 0) is 62.2 Å². The number of aryl methyl sites for hydroxylation is 1. The maximum atomic E-state index is 5.94. The molecule has 3 aromatic carbocycles. The van der Waals surface area contributed by atoms with Gasteiger partial charge >= 0.3 is 0 Å². The number of allylic oxidation sites excluding steroid dienone is 2. The van der Waals surface area contributed by atoms with E-state index in [1.807, 2.05) is 67.6 Å². The van der Waals surface area contributed by atoms with Crippen LogP contribution in [0.2, 0.25) is 0 Å². The van der Waals surface area contributed by atoms with E-state index in [-0.39, 0.29) is 25.6 Å². The molecule has 0 unspecified atom stereocenters. The van der Waals surface area contributed by atoms with Crippen molar-refractivity contribution in [2.75, 3.05) is 0 Å². The summed E-state index contributed by atoms with van der Waals surface area (Å²) in [7, 11) is 0. The fourth-order valence-electron chi connectivity index (χ4n) is 6.05. The van der Waals surface area contributed by atoms with Gasteiger partial charge in [-0.1, -0.05) is 55.1 Å². The van der Waals surface area contributed by atoms with Crippen LogP contribution < -0.4 is 0 Å². The molecule has 0 fully saturated rings. The normalized spacial score (nSPS) is 13.5. The smallest absolute Gasteiger partial charge is 0.216 e. The SMILES string of the molecule is CC(C)C1=CC(C)(C)n2c(-c3[c-]cccc3)nc3cccc1c32.Cc1ccc2c(n1)oc1c(-c3ccccn3)[c-]ccc12.[Ir]. The Balaban J connectivity index is 0.000000154. The van der Waals surface area contributed by atoms with E-state index >= 15 is 0 Å². The summed E-state index contributed by atoms with van der Waals surface area (Å²) in [6.07, 6.45) is 4.17. The molecule has 0 bridgehead atoms. The summed E-state index contributed by atoms with van der Waals surface area (Å²) in [5.41, 5.74) is 10.1. The number of furan rings is 1. The Morgan fingerprint density at radius 3 is 2.43 bits per heavy atom. The molecule has 0 spiro atoms. The maximum absolute atomic E-state index is 5.94. The van der Waals surface area contributed by atoms with Crippen molar-refractivity contribution in [1.29, 1.82) is 0 Å². The Hall–Kier alpha value is -4.38. The van der Waals surface area contributed by atoms with Gasteiger partial charge in [-0.15, -0.1) is 54.1 Å². The third-order valence-electron chi connectivity index (χ3n) is 8.00. The van der Waals surface area contributed by atoms with Crippen LogP contribution in [0.4, 0.5) is 0 Å². The molecule has 0 saturated carbocycles. The first-order valence-corrected chi connectivity index (χ1v) is 14.7. The molecule has 221 valence electrons. The van der Waals surface area contributed by atoms with Crippen molar-refractivity contribution in [3.8, 4) is 22.6 Å². The van der Waals surface area contributed by atoms with Crippen LogP contribution in [-0.2, 0) is 25.6 Å². The van der Waals surface area contributed by atoms with Crippen LogP contribution in [0, 0.1) is 25.0 Å². The van der Waals surface area contributed by atoms with Gasteiger partial charge in [0.2, 0.25) is 5.71 Å². The van der Waals surface area contributed by atoms with Crippen molar-refractivity contribution in [3.63, 3.8) is 0 Å². The van der Waals surface area contributed by atoms with Crippen LogP contribution >= 0.6 is 0 Å². The molecule has 1 aliphatic rings. The first-order valence-electron chi connectivity index (χ1n) is 14.7. The van der Waals surface area contributed by atoms with E-state index < -0.39 is 0 Å². The van der Waals surface area contributed by atoms with Crippen LogP contribution in [-0.4, -0.2) is 19.5 Å². The Labute approximate surface area is 271 Å². The van der Waals surface area contributed by atoms with Gasteiger partial charge < -0.3 is 14.0 Å². The number of nitrogens with zero attached hydrogens (tertiary/aromatic N) is 4. The summed E-state index contributed by atoms with van der Waals surface area (Å²) >= 11 is 0. The number of aromatic nitrogens is 4. The summed E-state index contributed by atoms with van der Waals surface area (Å²) in [6.45, 7) is 11.0. The van der Waals surface area contributed by atoms with Crippen LogP contribution in [0.15, 0.2) is 102 Å².